The van der Waals surface area contributed by atoms with Crippen molar-refractivity contribution >= 4 is 28.4 Å². The Morgan fingerprint density at radius 3 is 2.95 bits per heavy atom. The lowest BCUT2D eigenvalue weighted by Crippen LogP contribution is -2.13. The molecule has 1 amide bonds. The molecule has 0 atom stereocenters. The summed E-state index contributed by atoms with van der Waals surface area (Å²) >= 11 is 0.970. The fraction of sp³-hybridized carbons (Fsp3) is 0.250. The SMILES string of the molecule is Cc1nsc(NC(=O)CCc2ccco2)c1C(=O)O. The quantitative estimate of drug-likeness (QED) is 0.876. The van der Waals surface area contributed by atoms with Gasteiger partial charge in [0.25, 0.3) is 0 Å². The van der Waals surface area contributed by atoms with Crippen LogP contribution in [-0.2, 0) is 11.2 Å². The summed E-state index contributed by atoms with van der Waals surface area (Å²) < 4.78 is 9.04. The molecule has 7 heteroatoms. The Balaban J connectivity index is 1.97. The van der Waals surface area contributed by atoms with E-state index in [1.807, 2.05) is 0 Å². The molecule has 0 aliphatic carbocycles. The summed E-state index contributed by atoms with van der Waals surface area (Å²) in [6.45, 7) is 1.60. The van der Waals surface area contributed by atoms with E-state index in [9.17, 15) is 9.59 Å². The number of anilines is 1. The summed E-state index contributed by atoms with van der Waals surface area (Å²) in [5.41, 5.74) is 0.454. The minimum atomic E-state index is -1.09. The number of nitrogens with one attached hydrogen (secondary N) is 1. The van der Waals surface area contributed by atoms with Gasteiger partial charge in [-0.2, -0.15) is 4.37 Å². The van der Waals surface area contributed by atoms with E-state index in [-0.39, 0.29) is 22.9 Å². The van der Waals surface area contributed by atoms with Crippen LogP contribution in [0.5, 0.6) is 0 Å². The Labute approximate surface area is 113 Å². The first-order chi connectivity index (χ1) is 9.08. The van der Waals surface area contributed by atoms with Crippen molar-refractivity contribution in [3.63, 3.8) is 0 Å². The van der Waals surface area contributed by atoms with E-state index in [0.717, 1.165) is 11.5 Å². The van der Waals surface area contributed by atoms with Crippen LogP contribution in [-0.4, -0.2) is 21.4 Å². The van der Waals surface area contributed by atoms with Crippen LogP contribution in [0, 0.1) is 6.92 Å². The largest absolute Gasteiger partial charge is 0.478 e. The Morgan fingerprint density at radius 2 is 2.32 bits per heavy atom. The molecular formula is C12H12N2O4S. The van der Waals surface area contributed by atoms with Crippen molar-refractivity contribution in [2.75, 3.05) is 5.32 Å². The number of aryl methyl sites for hydroxylation is 2. The molecule has 2 rings (SSSR count). The molecular weight excluding hydrogens is 268 g/mol. The van der Waals surface area contributed by atoms with Crippen molar-refractivity contribution in [1.29, 1.82) is 0 Å². The molecule has 100 valence electrons. The average molecular weight is 280 g/mol. The van der Waals surface area contributed by atoms with Crippen LogP contribution >= 0.6 is 11.5 Å². The molecule has 0 unspecified atom stereocenters. The topological polar surface area (TPSA) is 92.4 Å². The van der Waals surface area contributed by atoms with Crippen LogP contribution in [0.25, 0.3) is 0 Å². The highest BCUT2D eigenvalue weighted by atomic mass is 32.1. The zero-order valence-electron chi connectivity index (χ0n) is 10.2. The van der Waals surface area contributed by atoms with Crippen LogP contribution < -0.4 is 5.32 Å². The highest BCUT2D eigenvalue weighted by Gasteiger charge is 2.19. The second kappa shape index (κ2) is 5.66. The number of carbonyl (C=O) groups is 2. The van der Waals surface area contributed by atoms with Gasteiger partial charge in [0.1, 0.15) is 16.3 Å². The van der Waals surface area contributed by atoms with Crippen molar-refractivity contribution in [3.05, 3.63) is 35.4 Å². The van der Waals surface area contributed by atoms with Gasteiger partial charge in [0.05, 0.1) is 12.0 Å². The van der Waals surface area contributed by atoms with Crippen LogP contribution in [0.3, 0.4) is 0 Å². The van der Waals surface area contributed by atoms with Crippen molar-refractivity contribution < 1.29 is 19.1 Å². The lowest BCUT2D eigenvalue weighted by Gasteiger charge is -2.02. The molecule has 0 aliphatic rings. The second-order valence-corrected chi connectivity index (χ2v) is 4.68. The number of rotatable bonds is 5. The molecule has 2 N–H and O–H groups in total. The molecule has 2 aromatic heterocycles. The van der Waals surface area contributed by atoms with E-state index >= 15 is 0 Å². The van der Waals surface area contributed by atoms with Crippen molar-refractivity contribution in [2.45, 2.75) is 19.8 Å². The first-order valence-corrected chi connectivity index (χ1v) is 6.37. The minimum absolute atomic E-state index is 0.0522. The van der Waals surface area contributed by atoms with E-state index in [4.69, 9.17) is 9.52 Å². The summed E-state index contributed by atoms with van der Waals surface area (Å²) in [5.74, 6) is -0.635. The Hall–Kier alpha value is -2.15. The second-order valence-electron chi connectivity index (χ2n) is 3.90. The average Bonchev–Trinajstić information content (AvgIpc) is 2.96. The molecule has 0 fully saturated rings. The minimum Gasteiger partial charge on any atom is -0.478 e. The summed E-state index contributed by atoms with van der Waals surface area (Å²) in [5, 5.41) is 11.9. The lowest BCUT2D eigenvalue weighted by atomic mass is 10.2. The summed E-state index contributed by atoms with van der Waals surface area (Å²) in [6, 6.07) is 3.54. The Bertz CT molecular complexity index is 589. The first kappa shape index (κ1) is 13.3. The highest BCUT2D eigenvalue weighted by molar-refractivity contribution is 7.11. The number of furan rings is 1. The van der Waals surface area contributed by atoms with Gasteiger partial charge < -0.3 is 14.8 Å². The smallest absolute Gasteiger partial charge is 0.340 e. The zero-order chi connectivity index (χ0) is 13.8. The molecule has 0 bridgehead atoms. The molecule has 6 nitrogen and oxygen atoms in total. The summed E-state index contributed by atoms with van der Waals surface area (Å²) in [7, 11) is 0. The monoisotopic (exact) mass is 280 g/mol. The van der Waals surface area contributed by atoms with Gasteiger partial charge in [-0.3, -0.25) is 4.79 Å². The van der Waals surface area contributed by atoms with Crippen LogP contribution in [0.2, 0.25) is 0 Å². The number of carboxylic acid groups (broad SMARTS) is 1. The zero-order valence-corrected chi connectivity index (χ0v) is 11.0. The van der Waals surface area contributed by atoms with Crippen LogP contribution in [0.1, 0.15) is 28.2 Å². The van der Waals surface area contributed by atoms with Crippen molar-refractivity contribution in [1.82, 2.24) is 4.37 Å². The van der Waals surface area contributed by atoms with Gasteiger partial charge in [0.2, 0.25) is 5.91 Å². The third kappa shape index (κ3) is 3.19. The molecule has 2 aromatic rings. The van der Waals surface area contributed by atoms with E-state index in [1.54, 1.807) is 25.3 Å². The molecule has 0 saturated carbocycles. The standard InChI is InChI=1S/C12H12N2O4S/c1-7-10(12(16)17)11(19-14-7)13-9(15)5-4-8-3-2-6-18-8/h2-3,6H,4-5H2,1H3,(H,13,15)(H,16,17). The maximum atomic E-state index is 11.7. The lowest BCUT2D eigenvalue weighted by molar-refractivity contribution is -0.116. The maximum absolute atomic E-state index is 11.7. The predicted octanol–water partition coefficient (Wildman–Crippen LogP) is 2.31. The van der Waals surface area contributed by atoms with Gasteiger partial charge in [-0.05, 0) is 30.6 Å². The van der Waals surface area contributed by atoms with Gasteiger partial charge >= 0.3 is 5.97 Å². The van der Waals surface area contributed by atoms with Gasteiger partial charge in [0, 0.05) is 12.8 Å². The van der Waals surface area contributed by atoms with E-state index in [2.05, 4.69) is 9.69 Å². The fourth-order valence-electron chi connectivity index (χ4n) is 1.59. The molecule has 19 heavy (non-hydrogen) atoms. The van der Waals surface area contributed by atoms with Gasteiger partial charge in [-0.15, -0.1) is 0 Å². The van der Waals surface area contributed by atoms with Gasteiger partial charge in [-0.1, -0.05) is 0 Å². The number of aromatic nitrogens is 1. The number of hydrogen-bond acceptors (Lipinski definition) is 5. The number of hydrogen-bond donors (Lipinski definition) is 2. The van der Waals surface area contributed by atoms with Crippen molar-refractivity contribution in [3.8, 4) is 0 Å². The molecule has 2 heterocycles. The third-order valence-electron chi connectivity index (χ3n) is 2.51. The van der Waals surface area contributed by atoms with Crippen LogP contribution in [0.4, 0.5) is 5.00 Å². The third-order valence-corrected chi connectivity index (χ3v) is 3.36. The van der Waals surface area contributed by atoms with Crippen LogP contribution in [0.15, 0.2) is 22.8 Å². The van der Waals surface area contributed by atoms with E-state index < -0.39 is 5.97 Å². The number of amides is 1. The molecule has 0 aromatic carbocycles. The van der Waals surface area contributed by atoms with Gasteiger partial charge in [-0.25, -0.2) is 4.79 Å². The Morgan fingerprint density at radius 1 is 1.53 bits per heavy atom. The van der Waals surface area contributed by atoms with Gasteiger partial charge in [0.15, 0.2) is 0 Å². The summed E-state index contributed by atoms with van der Waals surface area (Å²) in [4.78, 5) is 22.8. The normalized spacial score (nSPS) is 10.4. The number of nitrogens with zero attached hydrogens (tertiary/aromatic N) is 1. The molecule has 0 aliphatic heterocycles. The fourth-order valence-corrected chi connectivity index (χ4v) is 2.39. The molecule has 0 radical (unpaired) electrons. The van der Waals surface area contributed by atoms with Crippen molar-refractivity contribution in [2.24, 2.45) is 0 Å². The predicted molar refractivity (Wildman–Crippen MR) is 69.5 cm³/mol. The number of carboxylic acids is 1. The molecule has 0 saturated heterocycles. The summed E-state index contributed by atoms with van der Waals surface area (Å²) in [6.07, 6.45) is 2.24. The highest BCUT2D eigenvalue weighted by Crippen LogP contribution is 2.24. The number of carbonyl (C=O) groups excluding carboxylic acids is 1. The Kier molecular flexibility index (Phi) is 3.96. The molecule has 0 spiro atoms. The maximum Gasteiger partial charge on any atom is 0.340 e. The number of aromatic carboxylic acids is 1. The van der Waals surface area contributed by atoms with E-state index in [0.29, 0.717) is 17.9 Å². The van der Waals surface area contributed by atoms with E-state index in [1.165, 1.54) is 0 Å². The first-order valence-electron chi connectivity index (χ1n) is 5.59.